The molecule has 1 aliphatic rings. The molecule has 0 spiro atoms. The van der Waals surface area contributed by atoms with Gasteiger partial charge >= 0.3 is 0 Å². The third-order valence-electron chi connectivity index (χ3n) is 4.03. The highest BCUT2D eigenvalue weighted by molar-refractivity contribution is 7.14. The molecule has 4 nitrogen and oxygen atoms in total. The first-order valence-corrected chi connectivity index (χ1v) is 9.09. The Morgan fingerprint density at radius 2 is 2.04 bits per heavy atom. The number of anilines is 1. The van der Waals surface area contributed by atoms with Gasteiger partial charge in [0.15, 0.2) is 0 Å². The lowest BCUT2D eigenvalue weighted by atomic mass is 10.0. The Kier molecular flexibility index (Phi) is 4.01. The van der Waals surface area contributed by atoms with E-state index < -0.39 is 0 Å². The van der Waals surface area contributed by atoms with Gasteiger partial charge in [0.2, 0.25) is 5.13 Å². The molecule has 1 aliphatic heterocycles. The van der Waals surface area contributed by atoms with Crippen LogP contribution in [0.2, 0.25) is 0 Å². The molecule has 1 N–H and O–H groups in total. The Balaban J connectivity index is 1.43. The van der Waals surface area contributed by atoms with Crippen LogP contribution in [0.15, 0.2) is 59.0 Å². The van der Waals surface area contributed by atoms with Crippen molar-refractivity contribution in [1.82, 2.24) is 4.98 Å². The van der Waals surface area contributed by atoms with Crippen molar-refractivity contribution >= 4 is 22.7 Å². The molecular weight excluding hydrogens is 330 g/mol. The average Bonchev–Trinajstić information content (AvgIpc) is 3.18. The van der Waals surface area contributed by atoms with E-state index in [0.717, 1.165) is 34.1 Å². The summed E-state index contributed by atoms with van der Waals surface area (Å²) in [6, 6.07) is 16.3. The Morgan fingerprint density at radius 1 is 1.20 bits per heavy atom. The lowest BCUT2D eigenvalue weighted by molar-refractivity contribution is 0.138. The molecule has 1 aromatic heterocycles. The lowest BCUT2D eigenvalue weighted by Crippen LogP contribution is -2.24. The number of hydrogen-bond donors (Lipinski definition) is 1. The van der Waals surface area contributed by atoms with Crippen LogP contribution in [-0.4, -0.2) is 16.8 Å². The van der Waals surface area contributed by atoms with Gasteiger partial charge in [-0.1, -0.05) is 30.3 Å². The first-order chi connectivity index (χ1) is 12.1. The molecule has 25 heavy (non-hydrogen) atoms. The highest BCUT2D eigenvalue weighted by Crippen LogP contribution is 2.34. The van der Waals surface area contributed by atoms with Gasteiger partial charge in [-0.05, 0) is 43.2 Å². The number of ether oxygens (including phenoxy) is 1. The predicted molar refractivity (Wildman–Crippen MR) is 104 cm³/mol. The highest BCUT2D eigenvalue weighted by Gasteiger charge is 2.29. The lowest BCUT2D eigenvalue weighted by Gasteiger charge is -2.16. The fourth-order valence-corrected chi connectivity index (χ4v) is 3.61. The zero-order valence-electron chi connectivity index (χ0n) is 14.2. The van der Waals surface area contributed by atoms with Gasteiger partial charge in [-0.2, -0.15) is 5.10 Å². The Bertz CT molecular complexity index is 916. The van der Waals surface area contributed by atoms with Crippen LogP contribution < -0.4 is 10.2 Å². The maximum Gasteiger partial charge on any atom is 0.203 e. The number of benzene rings is 2. The minimum absolute atomic E-state index is 0.120. The van der Waals surface area contributed by atoms with Crippen molar-refractivity contribution in [3.8, 4) is 17.0 Å². The summed E-state index contributed by atoms with van der Waals surface area (Å²) in [4.78, 5) is 4.56. The topological polar surface area (TPSA) is 46.5 Å². The quantitative estimate of drug-likeness (QED) is 0.534. The van der Waals surface area contributed by atoms with E-state index in [-0.39, 0.29) is 5.60 Å². The number of nitrogens with zero attached hydrogens (tertiary/aromatic N) is 2. The first kappa shape index (κ1) is 15.8. The fraction of sp³-hybridized carbons (Fsp3) is 0.200. The van der Waals surface area contributed by atoms with Gasteiger partial charge in [-0.25, -0.2) is 4.98 Å². The minimum atomic E-state index is -0.120. The van der Waals surface area contributed by atoms with Crippen LogP contribution in [0.1, 0.15) is 25.0 Å². The van der Waals surface area contributed by atoms with Crippen molar-refractivity contribution < 1.29 is 4.74 Å². The summed E-state index contributed by atoms with van der Waals surface area (Å²) in [7, 11) is 0. The van der Waals surface area contributed by atoms with Gasteiger partial charge in [-0.15, -0.1) is 11.3 Å². The molecule has 0 unspecified atom stereocenters. The predicted octanol–water partition coefficient (Wildman–Crippen LogP) is 4.97. The molecule has 2 aromatic carbocycles. The molecule has 0 saturated carbocycles. The van der Waals surface area contributed by atoms with Crippen LogP contribution in [0.25, 0.3) is 11.3 Å². The van der Waals surface area contributed by atoms with Gasteiger partial charge in [0.1, 0.15) is 11.4 Å². The van der Waals surface area contributed by atoms with Crippen molar-refractivity contribution in [1.29, 1.82) is 0 Å². The summed E-state index contributed by atoms with van der Waals surface area (Å²) < 4.78 is 5.90. The molecule has 3 aromatic rings. The molecule has 2 heterocycles. The first-order valence-electron chi connectivity index (χ1n) is 8.21. The Labute approximate surface area is 151 Å². The molecule has 0 saturated heterocycles. The standard InChI is InChI=1S/C20H19N3OS/c1-20(2)11-16-10-14(8-9-18(16)24-20)12-21-23-19-22-17(13-25-19)15-6-4-3-5-7-15/h3-10,12-13H,11H2,1-2H3,(H,22,23). The van der Waals surface area contributed by atoms with Crippen molar-refractivity contribution in [3.05, 3.63) is 65.0 Å². The number of thiazole rings is 1. The highest BCUT2D eigenvalue weighted by atomic mass is 32.1. The zero-order valence-corrected chi connectivity index (χ0v) is 15.0. The summed E-state index contributed by atoms with van der Waals surface area (Å²) in [5, 5.41) is 7.12. The normalized spacial score (nSPS) is 15.1. The number of rotatable bonds is 4. The third-order valence-corrected chi connectivity index (χ3v) is 4.78. The van der Waals surface area contributed by atoms with Crippen LogP contribution in [0.4, 0.5) is 5.13 Å². The van der Waals surface area contributed by atoms with Gasteiger partial charge in [0.05, 0.1) is 11.9 Å². The fourth-order valence-electron chi connectivity index (χ4n) is 2.94. The summed E-state index contributed by atoms with van der Waals surface area (Å²) in [5.74, 6) is 0.975. The molecule has 0 fully saturated rings. The molecule has 0 bridgehead atoms. The van der Waals surface area contributed by atoms with Crippen molar-refractivity contribution in [2.24, 2.45) is 5.10 Å². The smallest absolute Gasteiger partial charge is 0.203 e. The van der Waals surface area contributed by atoms with Crippen LogP contribution >= 0.6 is 11.3 Å². The molecule has 126 valence electrons. The van der Waals surface area contributed by atoms with Crippen LogP contribution in [0.3, 0.4) is 0 Å². The van der Waals surface area contributed by atoms with Crippen molar-refractivity contribution in [2.75, 3.05) is 5.43 Å². The van der Waals surface area contributed by atoms with Gasteiger partial charge in [0, 0.05) is 17.4 Å². The number of fused-ring (bicyclic) bond motifs is 1. The maximum absolute atomic E-state index is 5.90. The second-order valence-corrected chi connectivity index (χ2v) is 7.54. The minimum Gasteiger partial charge on any atom is -0.487 e. The van der Waals surface area contributed by atoms with Crippen molar-refractivity contribution in [2.45, 2.75) is 25.9 Å². The van der Waals surface area contributed by atoms with Crippen LogP contribution in [-0.2, 0) is 6.42 Å². The number of hydrogen-bond acceptors (Lipinski definition) is 5. The van der Waals surface area contributed by atoms with Gasteiger partial charge < -0.3 is 4.74 Å². The molecular formula is C20H19N3OS. The third kappa shape index (κ3) is 3.56. The molecule has 5 heteroatoms. The van der Waals surface area contributed by atoms with Gasteiger partial charge in [-0.3, -0.25) is 5.43 Å². The summed E-state index contributed by atoms with van der Waals surface area (Å²) in [5.41, 5.74) is 7.24. The molecule has 0 amide bonds. The maximum atomic E-state index is 5.90. The van der Waals surface area contributed by atoms with Crippen molar-refractivity contribution in [3.63, 3.8) is 0 Å². The van der Waals surface area contributed by atoms with E-state index in [2.05, 4.69) is 47.6 Å². The summed E-state index contributed by atoms with van der Waals surface area (Å²) in [6.45, 7) is 4.21. The second kappa shape index (κ2) is 6.33. The average molecular weight is 349 g/mol. The van der Waals surface area contributed by atoms with E-state index in [1.165, 1.54) is 5.56 Å². The van der Waals surface area contributed by atoms with Crippen LogP contribution in [0, 0.1) is 0 Å². The second-order valence-electron chi connectivity index (χ2n) is 6.68. The molecule has 0 atom stereocenters. The molecule has 0 radical (unpaired) electrons. The van der Waals surface area contributed by atoms with E-state index >= 15 is 0 Å². The Morgan fingerprint density at radius 3 is 2.88 bits per heavy atom. The van der Waals surface area contributed by atoms with E-state index in [0.29, 0.717) is 0 Å². The van der Waals surface area contributed by atoms with Crippen LogP contribution in [0.5, 0.6) is 5.75 Å². The summed E-state index contributed by atoms with van der Waals surface area (Å²) in [6.07, 6.45) is 2.74. The number of aromatic nitrogens is 1. The SMILES string of the molecule is CC1(C)Cc2cc(C=NNc3nc(-c4ccccc4)cs3)ccc2O1. The largest absolute Gasteiger partial charge is 0.487 e. The number of hydrazone groups is 1. The van der Waals surface area contributed by atoms with E-state index in [1.54, 1.807) is 11.3 Å². The van der Waals surface area contributed by atoms with E-state index in [1.807, 2.05) is 41.9 Å². The number of nitrogens with one attached hydrogen (secondary N) is 1. The molecule has 0 aliphatic carbocycles. The summed E-state index contributed by atoms with van der Waals surface area (Å²) >= 11 is 1.54. The zero-order chi connectivity index (χ0) is 17.3. The monoisotopic (exact) mass is 349 g/mol. The Hall–Kier alpha value is -2.66. The van der Waals surface area contributed by atoms with Gasteiger partial charge in [0.25, 0.3) is 0 Å². The molecule has 4 rings (SSSR count). The van der Waals surface area contributed by atoms with E-state index in [4.69, 9.17) is 4.74 Å². The van der Waals surface area contributed by atoms with E-state index in [9.17, 15) is 0 Å².